The molecule has 1 atom stereocenters. The van der Waals surface area contributed by atoms with E-state index in [-0.39, 0.29) is 5.60 Å². The molecule has 0 amide bonds. The van der Waals surface area contributed by atoms with Crippen molar-refractivity contribution >= 4 is 0 Å². The van der Waals surface area contributed by atoms with Crippen molar-refractivity contribution in [1.82, 2.24) is 10.1 Å². The van der Waals surface area contributed by atoms with E-state index in [2.05, 4.69) is 10.1 Å². The fraction of sp³-hybridized carbons (Fsp3) is 0.846. The molecule has 1 N–H and O–H groups in total. The average molecular weight is 254 g/mol. The minimum atomic E-state index is -0.398. The van der Waals surface area contributed by atoms with Crippen LogP contribution in [-0.2, 0) is 16.8 Å². The summed E-state index contributed by atoms with van der Waals surface area (Å²) in [6.45, 7) is 2.04. The quantitative estimate of drug-likeness (QED) is 0.842. The Morgan fingerprint density at radius 3 is 2.78 bits per heavy atom. The van der Waals surface area contributed by atoms with Gasteiger partial charge in [0.1, 0.15) is 5.60 Å². The molecule has 1 unspecified atom stereocenters. The maximum absolute atomic E-state index is 9.74. The molecule has 0 saturated heterocycles. The molecule has 1 aliphatic rings. The zero-order chi connectivity index (χ0) is 13.0. The Labute approximate surface area is 108 Å². The lowest BCUT2D eigenvalue weighted by Gasteiger charge is -2.22. The predicted octanol–water partition coefficient (Wildman–Crippen LogP) is 2.19. The molecule has 0 aromatic carbocycles. The zero-order valence-corrected chi connectivity index (χ0v) is 11.2. The van der Waals surface area contributed by atoms with E-state index in [1.807, 2.05) is 6.92 Å². The Hall–Kier alpha value is -0.940. The molecule has 1 aromatic rings. The third-order valence-corrected chi connectivity index (χ3v) is 3.71. The van der Waals surface area contributed by atoms with Crippen LogP contribution in [0.15, 0.2) is 4.52 Å². The topological polar surface area (TPSA) is 68.4 Å². The Balaban J connectivity index is 2.05. The number of ether oxygens (including phenoxy) is 1. The second-order valence-corrected chi connectivity index (χ2v) is 5.06. The van der Waals surface area contributed by atoms with E-state index in [4.69, 9.17) is 9.26 Å². The molecule has 0 bridgehead atoms. The second kappa shape index (κ2) is 5.80. The lowest BCUT2D eigenvalue weighted by atomic mass is 10.0. The van der Waals surface area contributed by atoms with E-state index < -0.39 is 6.10 Å². The van der Waals surface area contributed by atoms with Crippen LogP contribution in [0.25, 0.3) is 0 Å². The third kappa shape index (κ3) is 2.72. The smallest absolute Gasteiger partial charge is 0.229 e. The van der Waals surface area contributed by atoms with E-state index in [9.17, 15) is 5.11 Å². The number of nitrogens with zero attached hydrogens (tertiary/aromatic N) is 2. The normalized spacial score (nSPS) is 20.2. The number of aliphatic hydroxyl groups excluding tert-OH is 1. The number of hydrogen-bond acceptors (Lipinski definition) is 5. The van der Waals surface area contributed by atoms with Gasteiger partial charge in [0, 0.05) is 7.11 Å². The largest absolute Gasteiger partial charge is 0.393 e. The highest BCUT2D eigenvalue weighted by atomic mass is 16.5. The van der Waals surface area contributed by atoms with Gasteiger partial charge in [0.25, 0.3) is 0 Å². The van der Waals surface area contributed by atoms with Gasteiger partial charge in [-0.05, 0) is 32.1 Å². The molecule has 0 radical (unpaired) electrons. The molecule has 102 valence electrons. The van der Waals surface area contributed by atoms with Gasteiger partial charge in [-0.3, -0.25) is 0 Å². The summed E-state index contributed by atoms with van der Waals surface area (Å²) in [5, 5.41) is 13.8. The first kappa shape index (κ1) is 13.5. The van der Waals surface area contributed by atoms with Gasteiger partial charge in [0.15, 0.2) is 0 Å². The monoisotopic (exact) mass is 254 g/mol. The van der Waals surface area contributed by atoms with E-state index >= 15 is 0 Å². The van der Waals surface area contributed by atoms with Gasteiger partial charge in [-0.25, -0.2) is 0 Å². The van der Waals surface area contributed by atoms with Gasteiger partial charge in [-0.1, -0.05) is 18.5 Å². The molecule has 1 aromatic heterocycles. The van der Waals surface area contributed by atoms with E-state index in [1.165, 1.54) is 0 Å². The van der Waals surface area contributed by atoms with Crippen molar-refractivity contribution in [2.75, 3.05) is 7.11 Å². The van der Waals surface area contributed by atoms with E-state index in [0.717, 1.165) is 38.5 Å². The second-order valence-electron chi connectivity index (χ2n) is 5.06. The highest BCUT2D eigenvalue weighted by molar-refractivity contribution is 5.04. The van der Waals surface area contributed by atoms with Crippen LogP contribution in [0.5, 0.6) is 0 Å². The first-order chi connectivity index (χ1) is 8.70. The van der Waals surface area contributed by atoms with E-state index in [0.29, 0.717) is 18.1 Å². The zero-order valence-electron chi connectivity index (χ0n) is 11.2. The molecule has 5 nitrogen and oxygen atoms in total. The van der Waals surface area contributed by atoms with Crippen LogP contribution in [0, 0.1) is 0 Å². The fourth-order valence-corrected chi connectivity index (χ4v) is 2.62. The van der Waals surface area contributed by atoms with E-state index in [1.54, 1.807) is 7.11 Å². The Bertz CT molecular complexity index is 372. The van der Waals surface area contributed by atoms with Crippen LogP contribution in [0.3, 0.4) is 0 Å². The van der Waals surface area contributed by atoms with Crippen molar-refractivity contribution in [3.05, 3.63) is 11.7 Å². The Kier molecular flexibility index (Phi) is 4.35. The van der Waals surface area contributed by atoms with Crippen molar-refractivity contribution < 1.29 is 14.4 Å². The van der Waals surface area contributed by atoms with Gasteiger partial charge in [-0.15, -0.1) is 0 Å². The van der Waals surface area contributed by atoms with Gasteiger partial charge in [0.2, 0.25) is 11.7 Å². The molecular weight excluding hydrogens is 232 g/mol. The molecule has 1 fully saturated rings. The summed E-state index contributed by atoms with van der Waals surface area (Å²) in [5.74, 6) is 1.15. The number of aliphatic hydroxyl groups is 1. The van der Waals surface area contributed by atoms with Crippen LogP contribution in [0.2, 0.25) is 0 Å². The van der Waals surface area contributed by atoms with Crippen molar-refractivity contribution in [3.63, 3.8) is 0 Å². The summed E-state index contributed by atoms with van der Waals surface area (Å²) < 4.78 is 10.8. The summed E-state index contributed by atoms with van der Waals surface area (Å²) in [6, 6.07) is 0. The molecule has 1 aliphatic carbocycles. The van der Waals surface area contributed by atoms with Crippen LogP contribution in [0.4, 0.5) is 0 Å². The summed E-state index contributed by atoms with van der Waals surface area (Å²) >= 11 is 0. The Morgan fingerprint density at radius 2 is 2.17 bits per heavy atom. The summed E-state index contributed by atoms with van der Waals surface area (Å²) in [7, 11) is 1.70. The lowest BCUT2D eigenvalue weighted by molar-refractivity contribution is -0.0178. The van der Waals surface area contributed by atoms with Crippen LogP contribution in [0.1, 0.15) is 57.2 Å². The molecule has 2 rings (SSSR count). The highest BCUT2D eigenvalue weighted by Gasteiger charge is 2.40. The number of rotatable bonds is 6. The molecule has 1 saturated carbocycles. The summed E-state index contributed by atoms with van der Waals surface area (Å²) in [6.07, 6.45) is 5.90. The molecule has 5 heteroatoms. The highest BCUT2D eigenvalue weighted by Crippen LogP contribution is 2.40. The summed E-state index contributed by atoms with van der Waals surface area (Å²) in [5.41, 5.74) is -0.364. The van der Waals surface area contributed by atoms with Gasteiger partial charge in [-0.2, -0.15) is 4.98 Å². The predicted molar refractivity (Wildman–Crippen MR) is 66.1 cm³/mol. The SMILES string of the molecule is CCCC(O)Cc1nc(C2(OC)CCCC2)no1. The minimum absolute atomic E-state index is 0.364. The fourth-order valence-electron chi connectivity index (χ4n) is 2.62. The van der Waals surface area contributed by atoms with Gasteiger partial charge < -0.3 is 14.4 Å². The number of aromatic nitrogens is 2. The van der Waals surface area contributed by atoms with Crippen molar-refractivity contribution in [2.24, 2.45) is 0 Å². The molecule has 18 heavy (non-hydrogen) atoms. The molecule has 0 aliphatic heterocycles. The number of methoxy groups -OCH3 is 1. The summed E-state index contributed by atoms with van der Waals surface area (Å²) in [4.78, 5) is 4.39. The lowest BCUT2D eigenvalue weighted by Crippen LogP contribution is -2.26. The van der Waals surface area contributed by atoms with Crippen LogP contribution >= 0.6 is 0 Å². The molecular formula is C13H22N2O3. The first-order valence-electron chi connectivity index (χ1n) is 6.76. The molecule has 0 spiro atoms. The first-order valence-corrected chi connectivity index (χ1v) is 6.76. The maximum atomic E-state index is 9.74. The minimum Gasteiger partial charge on any atom is -0.393 e. The van der Waals surface area contributed by atoms with Gasteiger partial charge >= 0.3 is 0 Å². The molecule has 1 heterocycles. The average Bonchev–Trinajstić information content (AvgIpc) is 2.98. The van der Waals surface area contributed by atoms with Crippen molar-refractivity contribution in [2.45, 2.75) is 63.6 Å². The number of hydrogen-bond donors (Lipinski definition) is 1. The van der Waals surface area contributed by atoms with Gasteiger partial charge in [0.05, 0.1) is 12.5 Å². The van der Waals surface area contributed by atoms with Crippen LogP contribution in [-0.4, -0.2) is 28.5 Å². The van der Waals surface area contributed by atoms with Crippen molar-refractivity contribution in [1.29, 1.82) is 0 Å². The third-order valence-electron chi connectivity index (χ3n) is 3.71. The van der Waals surface area contributed by atoms with Crippen molar-refractivity contribution in [3.8, 4) is 0 Å². The Morgan fingerprint density at radius 1 is 1.44 bits per heavy atom. The maximum Gasteiger partial charge on any atom is 0.229 e. The standard InChI is InChI=1S/C13H22N2O3/c1-3-6-10(16)9-11-14-12(15-18-11)13(17-2)7-4-5-8-13/h10,16H,3-9H2,1-2H3. The van der Waals surface area contributed by atoms with Crippen LogP contribution < -0.4 is 0 Å².